The lowest BCUT2D eigenvalue weighted by Gasteiger charge is -2.25. The summed E-state index contributed by atoms with van der Waals surface area (Å²) >= 11 is 0. The highest BCUT2D eigenvalue weighted by Crippen LogP contribution is 2.62. The van der Waals surface area contributed by atoms with Crippen LogP contribution in [0.25, 0.3) is 0 Å². The van der Waals surface area contributed by atoms with Crippen molar-refractivity contribution in [2.75, 3.05) is 0 Å². The predicted molar refractivity (Wildman–Crippen MR) is 60.3 cm³/mol. The Bertz CT molecular complexity index is 521. The number of alkyl halides is 6. The van der Waals surface area contributed by atoms with Gasteiger partial charge in [0.05, 0.1) is 11.1 Å². The lowest BCUT2D eigenvalue weighted by molar-refractivity contribution is -0.116. The Morgan fingerprint density at radius 2 is 1.19 bits per heavy atom. The van der Waals surface area contributed by atoms with E-state index in [0.29, 0.717) is 17.6 Å². The summed E-state index contributed by atoms with van der Waals surface area (Å²) in [6, 6.07) is 0. The van der Waals surface area contributed by atoms with E-state index in [-0.39, 0.29) is 11.8 Å². The van der Waals surface area contributed by atoms with Crippen LogP contribution in [0.2, 0.25) is 0 Å². The maximum absolute atomic E-state index is 13.1. The largest absolute Gasteiger partial charge is 0.415 e. The highest BCUT2D eigenvalue weighted by Gasteiger charge is 2.64. The van der Waals surface area contributed by atoms with Crippen LogP contribution in [-0.2, 0) is 4.74 Å². The molecule has 0 amide bonds. The molecule has 0 unspecified atom stereocenters. The lowest BCUT2D eigenvalue weighted by Crippen LogP contribution is -2.31. The molecular formula is C14H12F6O. The van der Waals surface area contributed by atoms with Gasteiger partial charge < -0.3 is 4.74 Å². The molecule has 2 aliphatic heterocycles. The Hall–Kier alpha value is -0.980. The van der Waals surface area contributed by atoms with Crippen molar-refractivity contribution in [1.82, 2.24) is 0 Å². The third-order valence-electron chi connectivity index (χ3n) is 5.15. The van der Waals surface area contributed by atoms with Crippen molar-refractivity contribution in [2.24, 2.45) is 11.8 Å². The number of halogens is 6. The van der Waals surface area contributed by atoms with E-state index in [1.165, 1.54) is 0 Å². The van der Waals surface area contributed by atoms with Crippen LogP contribution in [-0.4, -0.2) is 24.6 Å². The van der Waals surface area contributed by atoms with E-state index in [1.807, 2.05) is 0 Å². The topological polar surface area (TPSA) is 9.23 Å². The third-order valence-corrected chi connectivity index (χ3v) is 5.15. The van der Waals surface area contributed by atoms with Gasteiger partial charge in [0.15, 0.2) is 0 Å². The van der Waals surface area contributed by atoms with Crippen LogP contribution in [0, 0.1) is 11.8 Å². The summed E-state index contributed by atoms with van der Waals surface area (Å²) in [5, 5.41) is 0. The van der Waals surface area contributed by atoms with Gasteiger partial charge in [-0.15, -0.1) is 0 Å². The Labute approximate surface area is 116 Å². The number of fused-ring (bicyclic) bond motifs is 8. The normalized spacial score (nSPS) is 38.6. The smallest absolute Gasteiger partial charge is 0.357 e. The van der Waals surface area contributed by atoms with Crippen LogP contribution in [0.15, 0.2) is 22.3 Å². The maximum atomic E-state index is 13.1. The van der Waals surface area contributed by atoms with Crippen molar-refractivity contribution in [1.29, 1.82) is 0 Å². The van der Waals surface area contributed by atoms with Crippen LogP contribution in [0.1, 0.15) is 25.7 Å². The zero-order chi connectivity index (χ0) is 15.2. The first-order chi connectivity index (χ1) is 9.69. The second-order valence-corrected chi connectivity index (χ2v) is 6.19. The van der Waals surface area contributed by atoms with Crippen molar-refractivity contribution in [3.05, 3.63) is 22.3 Å². The highest BCUT2D eigenvalue weighted by molar-refractivity contribution is 5.55. The number of rotatable bonds is 0. The maximum Gasteiger partial charge on any atom is 0.415 e. The molecule has 4 aliphatic rings. The minimum atomic E-state index is -5.00. The van der Waals surface area contributed by atoms with Gasteiger partial charge in [0.1, 0.15) is 12.2 Å². The molecule has 0 N–H and O–H groups in total. The molecule has 0 aromatic heterocycles. The molecule has 0 aromatic carbocycles. The summed E-state index contributed by atoms with van der Waals surface area (Å²) in [5.41, 5.74) is -1.98. The van der Waals surface area contributed by atoms with Gasteiger partial charge in [-0.05, 0) is 42.2 Å². The van der Waals surface area contributed by atoms with Crippen molar-refractivity contribution in [3.8, 4) is 0 Å². The molecular weight excluding hydrogens is 298 g/mol. The van der Waals surface area contributed by atoms with Crippen molar-refractivity contribution in [3.63, 3.8) is 0 Å². The zero-order valence-corrected chi connectivity index (χ0v) is 10.8. The van der Waals surface area contributed by atoms with E-state index in [1.54, 1.807) is 0 Å². The van der Waals surface area contributed by atoms with Gasteiger partial charge in [-0.2, -0.15) is 26.3 Å². The Kier molecular flexibility index (Phi) is 2.51. The first-order valence-corrected chi connectivity index (χ1v) is 6.97. The first-order valence-electron chi connectivity index (χ1n) is 6.97. The summed E-state index contributed by atoms with van der Waals surface area (Å²) in [6.45, 7) is 0. The molecule has 0 aromatic rings. The van der Waals surface area contributed by atoms with Crippen LogP contribution < -0.4 is 0 Å². The SMILES string of the molecule is FC(F)(F)C1=C(C(F)(F)F)[C@H]2O[C@@H]1C1=C2[C@@H]2CCC[C@H]1C2. The standard InChI is InChI=1S/C14H12F6O/c15-13(16,17)9-10(14(18,19)20)12-8-6-3-1-2-5(4-6)7(8)11(9)21-12/h5-6,11-12H,1-4H2/t5-,6+,11+,12-. The van der Waals surface area contributed by atoms with E-state index in [4.69, 9.17) is 4.74 Å². The molecule has 0 spiro atoms. The minimum absolute atomic E-state index is 0.0270. The fourth-order valence-corrected chi connectivity index (χ4v) is 4.57. The molecule has 116 valence electrons. The molecule has 1 fully saturated rings. The lowest BCUT2D eigenvalue weighted by atomic mass is 9.83. The van der Waals surface area contributed by atoms with Crippen LogP contribution >= 0.6 is 0 Å². The van der Waals surface area contributed by atoms with Crippen molar-refractivity contribution in [2.45, 2.75) is 50.2 Å². The quantitative estimate of drug-likeness (QED) is 0.479. The monoisotopic (exact) mass is 310 g/mol. The summed E-state index contributed by atoms with van der Waals surface area (Å²) in [5.74, 6) is -0.0539. The van der Waals surface area contributed by atoms with Crippen molar-refractivity contribution >= 4 is 0 Å². The van der Waals surface area contributed by atoms with Gasteiger partial charge >= 0.3 is 12.4 Å². The zero-order valence-electron chi connectivity index (χ0n) is 10.8. The fraction of sp³-hybridized carbons (Fsp3) is 0.714. The van der Waals surface area contributed by atoms with Crippen LogP contribution in [0.4, 0.5) is 26.3 Å². The van der Waals surface area contributed by atoms with E-state index < -0.39 is 35.7 Å². The molecule has 0 saturated heterocycles. The van der Waals surface area contributed by atoms with Gasteiger partial charge in [-0.1, -0.05) is 6.42 Å². The Balaban J connectivity index is 1.85. The Morgan fingerprint density at radius 3 is 1.57 bits per heavy atom. The fourth-order valence-electron chi connectivity index (χ4n) is 4.57. The summed E-state index contributed by atoms with van der Waals surface area (Å²) < 4.78 is 84.0. The molecule has 2 aliphatic carbocycles. The summed E-state index contributed by atoms with van der Waals surface area (Å²) in [4.78, 5) is 0. The molecule has 2 heterocycles. The molecule has 4 rings (SSSR count). The Morgan fingerprint density at radius 1 is 0.762 bits per heavy atom. The van der Waals surface area contributed by atoms with E-state index in [2.05, 4.69) is 0 Å². The molecule has 1 saturated carbocycles. The highest BCUT2D eigenvalue weighted by atomic mass is 19.4. The average molecular weight is 310 g/mol. The number of hydrogen-bond donors (Lipinski definition) is 0. The molecule has 7 heteroatoms. The van der Waals surface area contributed by atoms with Gasteiger partial charge in [0, 0.05) is 0 Å². The van der Waals surface area contributed by atoms with Gasteiger partial charge in [0.25, 0.3) is 0 Å². The second-order valence-electron chi connectivity index (χ2n) is 6.19. The first kappa shape index (κ1) is 13.7. The molecule has 4 atom stereocenters. The molecule has 21 heavy (non-hydrogen) atoms. The van der Waals surface area contributed by atoms with Gasteiger partial charge in [-0.25, -0.2) is 0 Å². The van der Waals surface area contributed by atoms with E-state index in [0.717, 1.165) is 19.3 Å². The second kappa shape index (κ2) is 3.86. The summed E-state index contributed by atoms with van der Waals surface area (Å²) in [6.07, 6.45) is -9.96. The average Bonchev–Trinajstić information content (AvgIpc) is 2.97. The van der Waals surface area contributed by atoms with Gasteiger partial charge in [0.2, 0.25) is 0 Å². The van der Waals surface area contributed by atoms with E-state index in [9.17, 15) is 26.3 Å². The van der Waals surface area contributed by atoms with Crippen LogP contribution in [0.3, 0.4) is 0 Å². The minimum Gasteiger partial charge on any atom is -0.357 e. The molecule has 4 bridgehead atoms. The summed E-state index contributed by atoms with van der Waals surface area (Å²) in [7, 11) is 0. The van der Waals surface area contributed by atoms with E-state index >= 15 is 0 Å². The molecule has 1 nitrogen and oxygen atoms in total. The van der Waals surface area contributed by atoms with Crippen molar-refractivity contribution < 1.29 is 31.1 Å². The predicted octanol–water partition coefficient (Wildman–Crippen LogP) is 4.31. The van der Waals surface area contributed by atoms with Gasteiger partial charge in [-0.3, -0.25) is 0 Å². The number of hydrogen-bond acceptors (Lipinski definition) is 1. The number of ether oxygens (including phenoxy) is 1. The third kappa shape index (κ3) is 1.69. The molecule has 0 radical (unpaired) electrons. The van der Waals surface area contributed by atoms with Crippen LogP contribution in [0.5, 0.6) is 0 Å².